The molecule has 0 saturated heterocycles. The molecule has 3 nitrogen and oxygen atoms in total. The van der Waals surface area contributed by atoms with E-state index >= 15 is 0 Å². The Morgan fingerprint density at radius 2 is 1.57 bits per heavy atom. The third-order valence-electron chi connectivity index (χ3n) is 3.68. The highest BCUT2D eigenvalue weighted by molar-refractivity contribution is 5.94. The van der Waals surface area contributed by atoms with E-state index in [-0.39, 0.29) is 11.4 Å². The molecule has 0 fully saturated rings. The predicted octanol–water partition coefficient (Wildman–Crippen LogP) is 2.84. The van der Waals surface area contributed by atoms with Gasteiger partial charge in [-0.05, 0) is 44.0 Å². The third-order valence-corrected chi connectivity index (χ3v) is 3.68. The summed E-state index contributed by atoms with van der Waals surface area (Å²) in [7, 11) is 0. The van der Waals surface area contributed by atoms with Gasteiger partial charge in [-0.25, -0.2) is 0 Å². The van der Waals surface area contributed by atoms with E-state index < -0.39 is 0 Å². The minimum absolute atomic E-state index is 0.000343. The first-order chi connectivity index (χ1) is 11.0. The van der Waals surface area contributed by atoms with Gasteiger partial charge < -0.3 is 10.6 Å². The first-order valence-corrected chi connectivity index (χ1v) is 8.24. The predicted molar refractivity (Wildman–Crippen MR) is 95.4 cm³/mol. The van der Waals surface area contributed by atoms with Crippen molar-refractivity contribution in [2.45, 2.75) is 32.7 Å². The quantitative estimate of drug-likeness (QED) is 0.792. The zero-order chi connectivity index (χ0) is 16.7. The van der Waals surface area contributed by atoms with Gasteiger partial charge in [0.15, 0.2) is 0 Å². The lowest BCUT2D eigenvalue weighted by Crippen LogP contribution is -2.94. The van der Waals surface area contributed by atoms with E-state index in [2.05, 4.69) is 43.5 Å². The maximum Gasteiger partial charge on any atom is 0.251 e. The fourth-order valence-corrected chi connectivity index (χ4v) is 2.39. The van der Waals surface area contributed by atoms with Crippen LogP contribution in [0.5, 0.6) is 0 Å². The summed E-state index contributed by atoms with van der Waals surface area (Å²) in [5, 5.41) is 5.28. The molecule has 122 valence electrons. The molecule has 2 rings (SSSR count). The van der Waals surface area contributed by atoms with Gasteiger partial charge in [-0.3, -0.25) is 4.79 Å². The molecule has 1 amide bonds. The van der Waals surface area contributed by atoms with Crippen LogP contribution in [0, 0.1) is 0 Å². The summed E-state index contributed by atoms with van der Waals surface area (Å²) >= 11 is 0. The molecule has 0 radical (unpaired) electrons. The second kappa shape index (κ2) is 7.93. The first-order valence-electron chi connectivity index (χ1n) is 8.24. The molecule has 0 aliphatic carbocycles. The highest BCUT2D eigenvalue weighted by atomic mass is 16.1. The molecule has 0 bridgehead atoms. The summed E-state index contributed by atoms with van der Waals surface area (Å²) in [6.45, 7) is 8.32. The van der Waals surface area contributed by atoms with Crippen LogP contribution in [0.1, 0.15) is 37.6 Å². The van der Waals surface area contributed by atoms with Crippen LogP contribution in [-0.2, 0) is 0 Å². The largest absolute Gasteiger partial charge is 0.352 e. The average molecular weight is 311 g/mol. The molecule has 0 unspecified atom stereocenters. The minimum Gasteiger partial charge on any atom is -0.352 e. The fourth-order valence-electron chi connectivity index (χ4n) is 2.39. The molecule has 0 spiro atoms. The van der Waals surface area contributed by atoms with Gasteiger partial charge in [0.1, 0.15) is 0 Å². The Labute approximate surface area is 139 Å². The fraction of sp³-hybridized carbons (Fsp3) is 0.350. The Bertz CT molecular complexity index is 612. The van der Waals surface area contributed by atoms with Crippen LogP contribution in [-0.4, -0.2) is 24.5 Å². The normalized spacial score (nSPS) is 11.3. The summed E-state index contributed by atoms with van der Waals surface area (Å²) in [4.78, 5) is 12.1. The monoisotopic (exact) mass is 311 g/mol. The van der Waals surface area contributed by atoms with E-state index in [9.17, 15) is 4.79 Å². The number of quaternary nitrogens is 1. The number of hydrogen-bond donors (Lipinski definition) is 2. The maximum atomic E-state index is 12.1. The number of benzene rings is 2. The Hall–Kier alpha value is -2.13. The van der Waals surface area contributed by atoms with Crippen molar-refractivity contribution in [3.05, 3.63) is 60.2 Å². The van der Waals surface area contributed by atoms with Gasteiger partial charge in [0, 0.05) is 18.5 Å². The topological polar surface area (TPSA) is 45.7 Å². The van der Waals surface area contributed by atoms with E-state index in [1.807, 2.05) is 42.5 Å². The van der Waals surface area contributed by atoms with Crippen molar-refractivity contribution >= 4 is 5.91 Å². The molecule has 2 aromatic carbocycles. The van der Waals surface area contributed by atoms with Crippen molar-refractivity contribution in [3.8, 4) is 11.1 Å². The van der Waals surface area contributed by atoms with Crippen LogP contribution in [0.2, 0.25) is 0 Å². The van der Waals surface area contributed by atoms with E-state index in [1.165, 1.54) is 0 Å². The van der Waals surface area contributed by atoms with Crippen LogP contribution in [0.15, 0.2) is 54.6 Å². The van der Waals surface area contributed by atoms with Crippen molar-refractivity contribution in [3.63, 3.8) is 0 Å². The van der Waals surface area contributed by atoms with Gasteiger partial charge >= 0.3 is 0 Å². The lowest BCUT2D eigenvalue weighted by atomic mass is 10.0. The minimum atomic E-state index is 0.000343. The molecule has 23 heavy (non-hydrogen) atoms. The summed E-state index contributed by atoms with van der Waals surface area (Å²) in [5.41, 5.74) is 3.25. The Morgan fingerprint density at radius 3 is 2.17 bits per heavy atom. The van der Waals surface area contributed by atoms with Gasteiger partial charge in [-0.15, -0.1) is 0 Å². The molecule has 3 heteroatoms. The van der Waals surface area contributed by atoms with Crippen molar-refractivity contribution in [2.24, 2.45) is 0 Å². The number of rotatable bonds is 6. The van der Waals surface area contributed by atoms with Crippen LogP contribution in [0.3, 0.4) is 0 Å². The van der Waals surface area contributed by atoms with Crippen molar-refractivity contribution in [1.29, 1.82) is 0 Å². The summed E-state index contributed by atoms with van der Waals surface area (Å²) in [6, 6.07) is 18.0. The summed E-state index contributed by atoms with van der Waals surface area (Å²) in [5.74, 6) is 0.000343. The number of amides is 1. The average Bonchev–Trinajstić information content (AvgIpc) is 2.54. The van der Waals surface area contributed by atoms with Crippen molar-refractivity contribution < 1.29 is 10.1 Å². The summed E-state index contributed by atoms with van der Waals surface area (Å²) in [6.07, 6.45) is 0.977. The van der Waals surface area contributed by atoms with Crippen LogP contribution in [0.4, 0.5) is 0 Å². The molecule has 0 aromatic heterocycles. The van der Waals surface area contributed by atoms with Crippen LogP contribution in [0.25, 0.3) is 11.1 Å². The third kappa shape index (κ3) is 5.87. The van der Waals surface area contributed by atoms with E-state index in [1.54, 1.807) is 0 Å². The molecular formula is C20H27N2O+. The first kappa shape index (κ1) is 17.2. The Morgan fingerprint density at radius 1 is 0.957 bits per heavy atom. The molecule has 0 atom stereocenters. The van der Waals surface area contributed by atoms with Gasteiger partial charge in [-0.1, -0.05) is 42.5 Å². The van der Waals surface area contributed by atoms with E-state index in [4.69, 9.17) is 0 Å². The van der Waals surface area contributed by atoms with Gasteiger partial charge in [0.25, 0.3) is 5.91 Å². The molecule has 2 aromatic rings. The number of nitrogens with two attached hydrogens (primary N) is 1. The van der Waals surface area contributed by atoms with E-state index in [0.717, 1.165) is 24.1 Å². The molecule has 0 heterocycles. The second-order valence-electron chi connectivity index (χ2n) is 6.91. The standard InChI is InChI=1S/C20H26N2O/c1-20(2,3)22-15-7-14-21-19(23)18-12-10-17(11-13-18)16-8-5-4-6-9-16/h4-6,8-13,22H,7,14-15H2,1-3H3,(H,21,23)/p+1. The van der Waals surface area contributed by atoms with Gasteiger partial charge in [0.2, 0.25) is 0 Å². The number of nitrogens with one attached hydrogen (secondary N) is 1. The van der Waals surface area contributed by atoms with Gasteiger partial charge in [-0.2, -0.15) is 0 Å². The Balaban J connectivity index is 1.81. The van der Waals surface area contributed by atoms with Crippen LogP contribution < -0.4 is 10.6 Å². The molecule has 0 saturated carbocycles. The SMILES string of the molecule is CC(C)(C)[NH2+]CCCNC(=O)c1ccc(-c2ccccc2)cc1. The summed E-state index contributed by atoms with van der Waals surface area (Å²) < 4.78 is 0. The number of carbonyl (C=O) groups is 1. The number of carbonyl (C=O) groups excluding carboxylic acids is 1. The number of hydrogen-bond acceptors (Lipinski definition) is 1. The van der Waals surface area contributed by atoms with Gasteiger partial charge in [0.05, 0.1) is 12.1 Å². The molecule has 0 aliphatic heterocycles. The molecule has 0 aliphatic rings. The second-order valence-corrected chi connectivity index (χ2v) is 6.91. The zero-order valence-corrected chi connectivity index (χ0v) is 14.3. The lowest BCUT2D eigenvalue weighted by molar-refractivity contribution is -0.717. The molecule has 3 N–H and O–H groups in total. The smallest absolute Gasteiger partial charge is 0.251 e. The van der Waals surface area contributed by atoms with Crippen LogP contribution >= 0.6 is 0 Å². The van der Waals surface area contributed by atoms with Crippen molar-refractivity contribution in [1.82, 2.24) is 5.32 Å². The van der Waals surface area contributed by atoms with Crippen molar-refractivity contribution in [2.75, 3.05) is 13.1 Å². The Kier molecular flexibility index (Phi) is 5.94. The zero-order valence-electron chi connectivity index (χ0n) is 14.3. The maximum absolute atomic E-state index is 12.1. The highest BCUT2D eigenvalue weighted by Crippen LogP contribution is 2.19. The lowest BCUT2D eigenvalue weighted by Gasteiger charge is -2.16. The van der Waals surface area contributed by atoms with E-state index in [0.29, 0.717) is 12.1 Å². The molecular weight excluding hydrogens is 284 g/mol. The highest BCUT2D eigenvalue weighted by Gasteiger charge is 2.12.